The molecule has 0 saturated carbocycles. The minimum absolute atomic E-state index is 0.141. The Morgan fingerprint density at radius 1 is 1.09 bits per heavy atom. The fourth-order valence-corrected chi connectivity index (χ4v) is 4.77. The van der Waals surface area contributed by atoms with Crippen LogP contribution in [0.4, 0.5) is 5.13 Å². The van der Waals surface area contributed by atoms with E-state index in [0.717, 1.165) is 10.6 Å². The van der Waals surface area contributed by atoms with Crippen LogP contribution in [0, 0.1) is 6.92 Å². The number of thiazole rings is 1. The third-order valence-corrected chi connectivity index (χ3v) is 6.25. The summed E-state index contributed by atoms with van der Waals surface area (Å²) in [6.45, 7) is 9.56. The molecule has 0 atom stereocenters. The summed E-state index contributed by atoms with van der Waals surface area (Å²) in [6.07, 6.45) is 0.587. The molecule has 3 aromatic rings. The van der Waals surface area contributed by atoms with Crippen LogP contribution in [0.5, 0.6) is 17.2 Å². The predicted octanol–water partition coefficient (Wildman–Crippen LogP) is 4.09. The maximum absolute atomic E-state index is 13.4. The number of rotatable bonds is 9. The molecule has 0 fully saturated rings. The lowest BCUT2D eigenvalue weighted by molar-refractivity contribution is 0.0735. The predicted molar refractivity (Wildman–Crippen MR) is 130 cm³/mol. The summed E-state index contributed by atoms with van der Waals surface area (Å²) in [6, 6.07) is 4.97. The number of aromatic nitrogens is 2. The largest absolute Gasteiger partial charge is 0.490 e. The van der Waals surface area contributed by atoms with Crippen molar-refractivity contribution in [1.29, 1.82) is 0 Å². The van der Waals surface area contributed by atoms with Gasteiger partial charge in [-0.15, -0.1) is 0 Å². The van der Waals surface area contributed by atoms with E-state index in [1.165, 1.54) is 11.3 Å². The number of carbonyl (C=O) groups excluding carboxylic acids is 2. The van der Waals surface area contributed by atoms with Crippen LogP contribution in [0.25, 0.3) is 0 Å². The second-order valence-corrected chi connectivity index (χ2v) is 8.83. The first-order valence-electron chi connectivity index (χ1n) is 11.5. The van der Waals surface area contributed by atoms with E-state index in [0.29, 0.717) is 73.0 Å². The Kier molecular flexibility index (Phi) is 7.54. The molecular formula is C24H28N4O6S. The molecular weight excluding hydrogens is 472 g/mol. The van der Waals surface area contributed by atoms with Gasteiger partial charge in [0.15, 0.2) is 22.3 Å². The third kappa shape index (κ3) is 5.40. The standard InChI is InChI=1S/C24H28N4O6S/c1-5-31-18-11-15(12-19(32-6-2)21(18)33-7-3)23(30)28-9-8-16-20(13-28)35-24(25-16)26-22(29)17-10-14(4)34-27-17/h10-12H,5-9,13H2,1-4H3,(H,25,26,29). The summed E-state index contributed by atoms with van der Waals surface area (Å²) >= 11 is 1.35. The van der Waals surface area contributed by atoms with Crippen LogP contribution >= 0.6 is 11.3 Å². The van der Waals surface area contributed by atoms with Crippen molar-refractivity contribution in [1.82, 2.24) is 15.0 Å². The molecule has 2 amide bonds. The third-order valence-electron chi connectivity index (χ3n) is 5.26. The molecule has 186 valence electrons. The Balaban J connectivity index is 1.52. The smallest absolute Gasteiger partial charge is 0.279 e. The van der Waals surface area contributed by atoms with Gasteiger partial charge in [-0.2, -0.15) is 0 Å². The highest BCUT2D eigenvalue weighted by molar-refractivity contribution is 7.15. The number of benzene rings is 1. The Morgan fingerprint density at radius 2 is 1.77 bits per heavy atom. The van der Waals surface area contributed by atoms with Crippen LogP contribution in [0.1, 0.15) is 57.9 Å². The van der Waals surface area contributed by atoms with E-state index < -0.39 is 0 Å². The molecule has 4 rings (SSSR count). The van der Waals surface area contributed by atoms with E-state index in [1.54, 1.807) is 30.0 Å². The maximum atomic E-state index is 13.4. The normalized spacial score (nSPS) is 12.7. The lowest BCUT2D eigenvalue weighted by atomic mass is 10.1. The molecule has 0 aliphatic carbocycles. The van der Waals surface area contributed by atoms with Crippen molar-refractivity contribution in [3.8, 4) is 17.2 Å². The van der Waals surface area contributed by atoms with Crippen molar-refractivity contribution in [3.63, 3.8) is 0 Å². The van der Waals surface area contributed by atoms with Crippen LogP contribution in [0.3, 0.4) is 0 Å². The molecule has 2 aromatic heterocycles. The van der Waals surface area contributed by atoms with Crippen molar-refractivity contribution in [2.24, 2.45) is 0 Å². The summed E-state index contributed by atoms with van der Waals surface area (Å²) in [5.41, 5.74) is 1.53. The van der Waals surface area contributed by atoms with Gasteiger partial charge in [0.05, 0.1) is 32.1 Å². The molecule has 1 N–H and O–H groups in total. The number of hydrogen-bond donors (Lipinski definition) is 1. The fourth-order valence-electron chi connectivity index (χ4n) is 3.75. The van der Waals surface area contributed by atoms with E-state index in [2.05, 4.69) is 15.5 Å². The Morgan fingerprint density at radius 3 is 2.37 bits per heavy atom. The van der Waals surface area contributed by atoms with Gasteiger partial charge in [0.1, 0.15) is 5.76 Å². The number of aryl methyl sites for hydroxylation is 1. The first-order valence-corrected chi connectivity index (χ1v) is 12.3. The van der Waals surface area contributed by atoms with Crippen molar-refractivity contribution < 1.29 is 28.3 Å². The number of nitrogens with one attached hydrogen (secondary N) is 1. The van der Waals surface area contributed by atoms with E-state index in [-0.39, 0.29) is 17.5 Å². The Hall–Kier alpha value is -3.60. The molecule has 3 heterocycles. The zero-order valence-corrected chi connectivity index (χ0v) is 21.0. The van der Waals surface area contributed by atoms with Gasteiger partial charge >= 0.3 is 0 Å². The summed E-state index contributed by atoms with van der Waals surface area (Å²) in [4.78, 5) is 33.0. The number of amides is 2. The van der Waals surface area contributed by atoms with Gasteiger partial charge in [0.25, 0.3) is 11.8 Å². The second-order valence-electron chi connectivity index (χ2n) is 7.74. The first-order chi connectivity index (χ1) is 16.9. The Labute approximate surface area is 207 Å². The van der Waals surface area contributed by atoms with E-state index in [1.807, 2.05) is 20.8 Å². The Bertz CT molecular complexity index is 1190. The average molecular weight is 501 g/mol. The van der Waals surface area contributed by atoms with Crippen LogP contribution < -0.4 is 19.5 Å². The molecule has 35 heavy (non-hydrogen) atoms. The van der Waals surface area contributed by atoms with Gasteiger partial charge in [-0.05, 0) is 39.8 Å². The van der Waals surface area contributed by atoms with Gasteiger partial charge < -0.3 is 23.6 Å². The van der Waals surface area contributed by atoms with Gasteiger partial charge in [-0.1, -0.05) is 16.5 Å². The van der Waals surface area contributed by atoms with Crippen molar-refractivity contribution in [2.75, 3.05) is 31.7 Å². The van der Waals surface area contributed by atoms with Crippen molar-refractivity contribution >= 4 is 28.3 Å². The molecule has 1 aromatic carbocycles. The molecule has 11 heteroatoms. The molecule has 1 aliphatic heterocycles. The monoisotopic (exact) mass is 500 g/mol. The zero-order valence-electron chi connectivity index (χ0n) is 20.2. The van der Waals surface area contributed by atoms with Crippen LogP contribution in [-0.4, -0.2) is 53.2 Å². The molecule has 1 aliphatic rings. The van der Waals surface area contributed by atoms with E-state index in [9.17, 15) is 9.59 Å². The summed E-state index contributed by atoms with van der Waals surface area (Å²) in [5.74, 6) is 1.48. The average Bonchev–Trinajstić information content (AvgIpc) is 3.45. The fraction of sp³-hybridized carbons (Fsp3) is 0.417. The molecule has 10 nitrogen and oxygen atoms in total. The summed E-state index contributed by atoms with van der Waals surface area (Å²) in [5, 5.41) is 6.96. The molecule has 0 bridgehead atoms. The first kappa shape index (κ1) is 24.5. The van der Waals surface area contributed by atoms with Crippen LogP contribution in [0.15, 0.2) is 22.7 Å². The summed E-state index contributed by atoms with van der Waals surface area (Å²) in [7, 11) is 0. The SMILES string of the molecule is CCOc1cc(C(=O)N2CCc3nc(NC(=O)c4cc(C)on4)sc3C2)cc(OCC)c1OCC. The molecule has 0 spiro atoms. The number of anilines is 1. The van der Waals surface area contributed by atoms with E-state index >= 15 is 0 Å². The van der Waals surface area contributed by atoms with Crippen molar-refractivity contribution in [3.05, 3.63) is 45.8 Å². The van der Waals surface area contributed by atoms with Crippen LogP contribution in [-0.2, 0) is 13.0 Å². The maximum Gasteiger partial charge on any atom is 0.279 e. The van der Waals surface area contributed by atoms with Crippen LogP contribution in [0.2, 0.25) is 0 Å². The zero-order chi connectivity index (χ0) is 24.9. The lowest BCUT2D eigenvalue weighted by Gasteiger charge is -2.27. The number of ether oxygens (including phenoxy) is 3. The minimum atomic E-state index is -0.387. The molecule has 0 radical (unpaired) electrons. The molecule has 0 unspecified atom stereocenters. The molecule has 0 saturated heterocycles. The minimum Gasteiger partial charge on any atom is -0.490 e. The highest BCUT2D eigenvalue weighted by Gasteiger charge is 2.27. The summed E-state index contributed by atoms with van der Waals surface area (Å²) < 4.78 is 22.2. The number of nitrogens with zero attached hydrogens (tertiary/aromatic N) is 3. The van der Waals surface area contributed by atoms with Crippen molar-refractivity contribution in [2.45, 2.75) is 40.7 Å². The number of fused-ring (bicyclic) bond motifs is 1. The second kappa shape index (κ2) is 10.8. The van der Waals surface area contributed by atoms with Gasteiger partial charge in [-0.3, -0.25) is 14.9 Å². The quantitative estimate of drug-likeness (QED) is 0.467. The number of hydrogen-bond acceptors (Lipinski definition) is 9. The highest BCUT2D eigenvalue weighted by Crippen LogP contribution is 2.40. The highest BCUT2D eigenvalue weighted by atomic mass is 32.1. The lowest BCUT2D eigenvalue weighted by Crippen LogP contribution is -2.35. The van der Waals surface area contributed by atoms with Gasteiger partial charge in [0, 0.05) is 29.5 Å². The van der Waals surface area contributed by atoms with Gasteiger partial charge in [-0.25, -0.2) is 4.98 Å². The topological polar surface area (TPSA) is 116 Å². The van der Waals surface area contributed by atoms with E-state index in [4.69, 9.17) is 18.7 Å². The van der Waals surface area contributed by atoms with Gasteiger partial charge in [0.2, 0.25) is 5.75 Å². The number of carbonyl (C=O) groups is 2.